The van der Waals surface area contributed by atoms with Crippen LogP contribution < -0.4 is 10.6 Å². The fourth-order valence-electron chi connectivity index (χ4n) is 3.43. The summed E-state index contributed by atoms with van der Waals surface area (Å²) < 4.78 is 0. The van der Waals surface area contributed by atoms with Gasteiger partial charge in [-0.1, -0.05) is 36.4 Å². The van der Waals surface area contributed by atoms with Crippen molar-refractivity contribution in [1.82, 2.24) is 10.2 Å². The van der Waals surface area contributed by atoms with Crippen molar-refractivity contribution in [2.75, 3.05) is 25.5 Å². The van der Waals surface area contributed by atoms with Crippen LogP contribution in [0.4, 0.5) is 5.69 Å². The summed E-state index contributed by atoms with van der Waals surface area (Å²) in [5.41, 5.74) is 2.51. The first kappa shape index (κ1) is 18.1. The third-order valence-electron chi connectivity index (χ3n) is 5.04. The van der Waals surface area contributed by atoms with Crippen LogP contribution in [0.15, 0.2) is 54.6 Å². The lowest BCUT2D eigenvalue weighted by molar-refractivity contribution is -0.120. The number of likely N-dealkylation sites (tertiary alicyclic amines) is 1. The fraction of sp³-hybridized carbons (Fsp3) is 0.333. The molecule has 5 nitrogen and oxygen atoms in total. The predicted octanol–water partition coefficient (Wildman–Crippen LogP) is 2.86. The lowest BCUT2D eigenvalue weighted by Crippen LogP contribution is -2.40. The second-order valence-corrected chi connectivity index (χ2v) is 6.72. The molecule has 1 saturated heterocycles. The molecule has 2 atom stereocenters. The van der Waals surface area contributed by atoms with Crippen molar-refractivity contribution in [1.29, 1.82) is 0 Å². The van der Waals surface area contributed by atoms with E-state index in [1.165, 1.54) is 5.56 Å². The van der Waals surface area contributed by atoms with E-state index in [0.29, 0.717) is 17.2 Å². The first-order valence-electron chi connectivity index (χ1n) is 9.00. The summed E-state index contributed by atoms with van der Waals surface area (Å²) in [7, 11) is 1.59. The number of hydrogen-bond acceptors (Lipinski definition) is 3. The second-order valence-electron chi connectivity index (χ2n) is 6.72. The number of nitrogens with zero attached hydrogens (tertiary/aromatic N) is 1. The number of carbonyl (C=O) groups excluding carboxylic acids is 2. The van der Waals surface area contributed by atoms with Crippen LogP contribution in [0.5, 0.6) is 0 Å². The van der Waals surface area contributed by atoms with Gasteiger partial charge in [-0.05, 0) is 49.6 Å². The van der Waals surface area contributed by atoms with E-state index in [0.717, 1.165) is 19.5 Å². The highest BCUT2D eigenvalue weighted by Crippen LogP contribution is 2.28. The summed E-state index contributed by atoms with van der Waals surface area (Å²) in [6, 6.07) is 17.2. The van der Waals surface area contributed by atoms with E-state index in [1.54, 1.807) is 31.3 Å². The third-order valence-corrected chi connectivity index (χ3v) is 5.04. The van der Waals surface area contributed by atoms with Crippen LogP contribution in [-0.2, 0) is 4.79 Å². The molecule has 2 aromatic carbocycles. The Balaban J connectivity index is 1.61. The van der Waals surface area contributed by atoms with Crippen LogP contribution in [0.25, 0.3) is 0 Å². The summed E-state index contributed by atoms with van der Waals surface area (Å²) in [5, 5.41) is 5.52. The minimum atomic E-state index is -0.215. The van der Waals surface area contributed by atoms with Crippen LogP contribution in [0.2, 0.25) is 0 Å². The standard InChI is InChI=1S/C21H25N3O2/c1-15(24-12-11-18(14-24)16-7-4-3-5-8-16)20(25)23-19-10-6-9-17(13-19)21(26)22-2/h3-10,13,15,18H,11-12,14H2,1-2H3,(H,22,26)(H,23,25). The molecular weight excluding hydrogens is 326 g/mol. The van der Waals surface area contributed by atoms with Crippen molar-refractivity contribution in [2.24, 2.45) is 0 Å². The van der Waals surface area contributed by atoms with Gasteiger partial charge in [0, 0.05) is 24.8 Å². The minimum Gasteiger partial charge on any atom is -0.355 e. The maximum absolute atomic E-state index is 12.6. The van der Waals surface area contributed by atoms with E-state index in [4.69, 9.17) is 0 Å². The molecule has 136 valence electrons. The molecule has 0 aliphatic carbocycles. The van der Waals surface area contributed by atoms with Gasteiger partial charge in [-0.15, -0.1) is 0 Å². The normalized spacial score (nSPS) is 18.3. The molecule has 0 radical (unpaired) electrons. The van der Waals surface area contributed by atoms with Gasteiger partial charge in [0.2, 0.25) is 5.91 Å². The Labute approximate surface area is 154 Å². The zero-order valence-electron chi connectivity index (χ0n) is 15.2. The Morgan fingerprint density at radius 3 is 2.62 bits per heavy atom. The Kier molecular flexibility index (Phi) is 5.68. The molecule has 1 aliphatic rings. The molecule has 5 heteroatoms. The number of benzene rings is 2. The van der Waals surface area contributed by atoms with Crippen LogP contribution in [0, 0.1) is 0 Å². The Morgan fingerprint density at radius 2 is 1.88 bits per heavy atom. The van der Waals surface area contributed by atoms with Crippen molar-refractivity contribution in [3.8, 4) is 0 Å². The van der Waals surface area contributed by atoms with Gasteiger partial charge < -0.3 is 10.6 Å². The van der Waals surface area contributed by atoms with Gasteiger partial charge in [0.05, 0.1) is 6.04 Å². The number of nitrogens with one attached hydrogen (secondary N) is 2. The van der Waals surface area contributed by atoms with Gasteiger partial charge in [0.25, 0.3) is 5.91 Å². The fourth-order valence-corrected chi connectivity index (χ4v) is 3.43. The number of rotatable bonds is 5. The lowest BCUT2D eigenvalue weighted by Gasteiger charge is -2.23. The minimum absolute atomic E-state index is 0.0484. The molecule has 0 spiro atoms. The van der Waals surface area contributed by atoms with Gasteiger partial charge in [0.1, 0.15) is 0 Å². The maximum atomic E-state index is 12.6. The molecule has 2 amide bonds. The van der Waals surface area contributed by atoms with Crippen LogP contribution in [0.3, 0.4) is 0 Å². The van der Waals surface area contributed by atoms with Gasteiger partial charge in [0.15, 0.2) is 0 Å². The summed E-state index contributed by atoms with van der Waals surface area (Å²) in [6.45, 7) is 3.73. The third kappa shape index (κ3) is 4.11. The van der Waals surface area contributed by atoms with Gasteiger partial charge >= 0.3 is 0 Å². The zero-order chi connectivity index (χ0) is 18.5. The highest BCUT2D eigenvalue weighted by Gasteiger charge is 2.30. The highest BCUT2D eigenvalue weighted by atomic mass is 16.2. The van der Waals surface area contributed by atoms with Crippen LogP contribution in [-0.4, -0.2) is 42.9 Å². The van der Waals surface area contributed by atoms with Gasteiger partial charge in [-0.25, -0.2) is 0 Å². The quantitative estimate of drug-likeness (QED) is 0.871. The van der Waals surface area contributed by atoms with E-state index in [9.17, 15) is 9.59 Å². The van der Waals surface area contributed by atoms with Crippen molar-refractivity contribution < 1.29 is 9.59 Å². The average molecular weight is 351 g/mol. The van der Waals surface area contributed by atoms with E-state index >= 15 is 0 Å². The van der Waals surface area contributed by atoms with E-state index < -0.39 is 0 Å². The molecule has 26 heavy (non-hydrogen) atoms. The molecular formula is C21H25N3O2. The zero-order valence-corrected chi connectivity index (χ0v) is 15.2. The maximum Gasteiger partial charge on any atom is 0.251 e. The Hall–Kier alpha value is -2.66. The van der Waals surface area contributed by atoms with E-state index in [-0.39, 0.29) is 17.9 Å². The smallest absolute Gasteiger partial charge is 0.251 e. The summed E-state index contributed by atoms with van der Waals surface area (Å²) >= 11 is 0. The number of amides is 2. The summed E-state index contributed by atoms with van der Waals surface area (Å²) in [4.78, 5) is 26.6. The molecule has 1 fully saturated rings. The lowest BCUT2D eigenvalue weighted by atomic mass is 9.99. The number of hydrogen-bond donors (Lipinski definition) is 2. The van der Waals surface area contributed by atoms with Crippen molar-refractivity contribution >= 4 is 17.5 Å². The molecule has 0 saturated carbocycles. The molecule has 2 aromatic rings. The molecule has 2 N–H and O–H groups in total. The molecule has 1 aliphatic heterocycles. The van der Waals surface area contributed by atoms with Crippen LogP contribution in [0.1, 0.15) is 35.2 Å². The molecule has 0 aromatic heterocycles. The van der Waals surface area contributed by atoms with Crippen molar-refractivity contribution in [3.05, 3.63) is 65.7 Å². The Morgan fingerprint density at radius 1 is 1.12 bits per heavy atom. The topological polar surface area (TPSA) is 61.4 Å². The summed E-state index contributed by atoms with van der Waals surface area (Å²) in [5.74, 6) is 0.259. The first-order valence-corrected chi connectivity index (χ1v) is 9.00. The van der Waals surface area contributed by atoms with Crippen LogP contribution >= 0.6 is 0 Å². The Bertz CT molecular complexity index is 776. The number of carbonyl (C=O) groups is 2. The second kappa shape index (κ2) is 8.15. The predicted molar refractivity (Wildman–Crippen MR) is 103 cm³/mol. The molecule has 0 bridgehead atoms. The van der Waals surface area contributed by atoms with E-state index in [2.05, 4.69) is 39.8 Å². The molecule has 3 rings (SSSR count). The van der Waals surface area contributed by atoms with E-state index in [1.807, 2.05) is 13.0 Å². The largest absolute Gasteiger partial charge is 0.355 e. The molecule has 2 unspecified atom stereocenters. The highest BCUT2D eigenvalue weighted by molar-refractivity contribution is 5.98. The number of anilines is 1. The van der Waals surface area contributed by atoms with Crippen molar-refractivity contribution in [2.45, 2.75) is 25.3 Å². The van der Waals surface area contributed by atoms with Crippen molar-refractivity contribution in [3.63, 3.8) is 0 Å². The first-order chi connectivity index (χ1) is 12.6. The summed E-state index contributed by atoms with van der Waals surface area (Å²) in [6.07, 6.45) is 1.06. The monoisotopic (exact) mass is 351 g/mol. The molecule has 1 heterocycles. The average Bonchev–Trinajstić information content (AvgIpc) is 3.17. The van der Waals surface area contributed by atoms with Gasteiger partial charge in [-0.2, -0.15) is 0 Å². The SMILES string of the molecule is CNC(=O)c1cccc(NC(=O)C(C)N2CCC(c3ccccc3)C2)c1. The van der Waals surface area contributed by atoms with Gasteiger partial charge in [-0.3, -0.25) is 14.5 Å².